The second kappa shape index (κ2) is 6.70. The van der Waals surface area contributed by atoms with E-state index in [4.69, 9.17) is 16.0 Å². The van der Waals surface area contributed by atoms with Crippen LogP contribution in [0.2, 0.25) is 5.02 Å². The van der Waals surface area contributed by atoms with Crippen LogP contribution in [0.5, 0.6) is 0 Å². The summed E-state index contributed by atoms with van der Waals surface area (Å²) in [7, 11) is 0. The van der Waals surface area contributed by atoms with Crippen LogP contribution in [0, 0.1) is 11.6 Å². The van der Waals surface area contributed by atoms with Crippen molar-refractivity contribution >= 4 is 23.3 Å². The van der Waals surface area contributed by atoms with E-state index in [9.17, 15) is 18.4 Å². The highest BCUT2D eigenvalue weighted by Crippen LogP contribution is 2.20. The van der Waals surface area contributed by atoms with Gasteiger partial charge in [0.15, 0.2) is 23.2 Å². The van der Waals surface area contributed by atoms with Crippen LogP contribution in [-0.4, -0.2) is 17.7 Å². The van der Waals surface area contributed by atoms with Crippen molar-refractivity contribution in [2.45, 2.75) is 19.4 Å². The molecule has 0 radical (unpaired) electrons. The molecular weight excluding hydrogens is 316 g/mol. The molecule has 1 amide bonds. The number of amides is 1. The summed E-state index contributed by atoms with van der Waals surface area (Å²) in [5, 5.41) is 2.29. The van der Waals surface area contributed by atoms with Crippen LogP contribution in [-0.2, 0) is 0 Å². The summed E-state index contributed by atoms with van der Waals surface area (Å²) < 4.78 is 31.1. The predicted octanol–water partition coefficient (Wildman–Crippen LogP) is 3.60. The first-order chi connectivity index (χ1) is 10.4. The maximum atomic E-state index is 13.2. The van der Waals surface area contributed by atoms with Gasteiger partial charge in [0.1, 0.15) is 0 Å². The van der Waals surface area contributed by atoms with Gasteiger partial charge in [0.05, 0.1) is 16.8 Å². The Hall–Kier alpha value is -2.21. The molecule has 2 rings (SSSR count). The van der Waals surface area contributed by atoms with Crippen molar-refractivity contribution in [3.63, 3.8) is 0 Å². The van der Waals surface area contributed by atoms with Gasteiger partial charge in [0, 0.05) is 12.5 Å². The lowest BCUT2D eigenvalue weighted by Gasteiger charge is -2.13. The monoisotopic (exact) mass is 327 g/mol. The third-order valence-electron chi connectivity index (χ3n) is 2.92. The highest BCUT2D eigenvalue weighted by atomic mass is 35.5. The number of furan rings is 1. The van der Waals surface area contributed by atoms with E-state index < -0.39 is 23.6 Å². The van der Waals surface area contributed by atoms with Gasteiger partial charge < -0.3 is 9.73 Å². The lowest BCUT2D eigenvalue weighted by Crippen LogP contribution is -2.34. The average molecular weight is 328 g/mol. The molecule has 0 unspecified atom stereocenters. The standard InChI is InChI=1S/C15H12ClF2NO3/c1-8(5-13(20)14-3-2-4-22-14)19-15(21)9-6-11(17)12(18)7-10(9)16/h2-4,6-8H,5H2,1H3,(H,19,21)/t8-/m1/s1. The molecule has 0 spiro atoms. The summed E-state index contributed by atoms with van der Waals surface area (Å²) in [4.78, 5) is 23.8. The summed E-state index contributed by atoms with van der Waals surface area (Å²) in [5.41, 5.74) is -0.196. The van der Waals surface area contributed by atoms with E-state index in [0.717, 1.165) is 6.07 Å². The smallest absolute Gasteiger partial charge is 0.253 e. The van der Waals surface area contributed by atoms with Gasteiger partial charge in [0.2, 0.25) is 0 Å². The normalized spacial score (nSPS) is 12.0. The van der Waals surface area contributed by atoms with E-state index in [1.165, 1.54) is 12.3 Å². The van der Waals surface area contributed by atoms with Gasteiger partial charge in [-0.15, -0.1) is 0 Å². The summed E-state index contributed by atoms with van der Waals surface area (Å²) in [5.74, 6) is -3.10. The number of benzene rings is 1. The number of carbonyl (C=O) groups excluding carboxylic acids is 2. The van der Waals surface area contributed by atoms with Crippen molar-refractivity contribution in [1.82, 2.24) is 5.32 Å². The number of ketones is 1. The number of rotatable bonds is 5. The Bertz CT molecular complexity index is 701. The van der Waals surface area contributed by atoms with E-state index in [1.807, 2.05) is 0 Å². The molecular formula is C15H12ClF2NO3. The van der Waals surface area contributed by atoms with Gasteiger partial charge >= 0.3 is 0 Å². The van der Waals surface area contributed by atoms with E-state index in [2.05, 4.69) is 5.32 Å². The Balaban J connectivity index is 2.02. The Morgan fingerprint density at radius 3 is 2.64 bits per heavy atom. The van der Waals surface area contributed by atoms with Crippen LogP contribution < -0.4 is 5.32 Å². The number of carbonyl (C=O) groups is 2. The summed E-state index contributed by atoms with van der Waals surface area (Å²) in [6, 6.07) is 4.01. The maximum Gasteiger partial charge on any atom is 0.253 e. The second-order valence-electron chi connectivity index (χ2n) is 4.73. The van der Waals surface area contributed by atoms with Crippen LogP contribution in [0.4, 0.5) is 8.78 Å². The predicted molar refractivity (Wildman–Crippen MR) is 76.0 cm³/mol. The van der Waals surface area contributed by atoms with E-state index in [-0.39, 0.29) is 28.6 Å². The topological polar surface area (TPSA) is 59.3 Å². The van der Waals surface area contributed by atoms with Crippen LogP contribution >= 0.6 is 11.6 Å². The first-order valence-corrected chi connectivity index (χ1v) is 6.78. The molecule has 22 heavy (non-hydrogen) atoms. The van der Waals surface area contributed by atoms with Crippen LogP contribution in [0.1, 0.15) is 34.3 Å². The number of nitrogens with one attached hydrogen (secondary N) is 1. The van der Waals surface area contributed by atoms with E-state index in [1.54, 1.807) is 13.0 Å². The Morgan fingerprint density at radius 1 is 1.32 bits per heavy atom. The fourth-order valence-corrected chi connectivity index (χ4v) is 2.10. The summed E-state index contributed by atoms with van der Waals surface area (Å²) >= 11 is 5.72. The van der Waals surface area contributed by atoms with Crippen molar-refractivity contribution in [3.8, 4) is 0 Å². The highest BCUT2D eigenvalue weighted by molar-refractivity contribution is 6.33. The molecule has 0 fully saturated rings. The first-order valence-electron chi connectivity index (χ1n) is 6.40. The van der Waals surface area contributed by atoms with Gasteiger partial charge in [-0.1, -0.05) is 11.6 Å². The Morgan fingerprint density at radius 2 is 2.00 bits per heavy atom. The van der Waals surface area contributed by atoms with E-state index >= 15 is 0 Å². The van der Waals surface area contributed by atoms with Crippen molar-refractivity contribution < 1.29 is 22.8 Å². The van der Waals surface area contributed by atoms with Crippen LogP contribution in [0.15, 0.2) is 34.9 Å². The molecule has 1 heterocycles. The fraction of sp³-hybridized carbons (Fsp3) is 0.200. The third-order valence-corrected chi connectivity index (χ3v) is 3.23. The molecule has 0 bridgehead atoms. The maximum absolute atomic E-state index is 13.2. The molecule has 0 aliphatic rings. The highest BCUT2D eigenvalue weighted by Gasteiger charge is 2.19. The molecule has 1 N–H and O–H groups in total. The molecule has 2 aromatic rings. The van der Waals surface area contributed by atoms with Gasteiger partial charge in [-0.25, -0.2) is 8.78 Å². The quantitative estimate of drug-likeness (QED) is 0.674. The van der Waals surface area contributed by atoms with Crippen molar-refractivity contribution in [1.29, 1.82) is 0 Å². The van der Waals surface area contributed by atoms with Crippen LogP contribution in [0.25, 0.3) is 0 Å². The molecule has 0 aliphatic carbocycles. The zero-order chi connectivity index (χ0) is 16.3. The molecule has 1 atom stereocenters. The van der Waals surface area contributed by atoms with Crippen molar-refractivity contribution in [3.05, 3.63) is 58.5 Å². The Labute approximate surface area is 130 Å². The summed E-state index contributed by atoms with van der Waals surface area (Å²) in [6.45, 7) is 1.60. The second-order valence-corrected chi connectivity index (χ2v) is 5.13. The zero-order valence-electron chi connectivity index (χ0n) is 11.5. The fourth-order valence-electron chi connectivity index (χ4n) is 1.87. The lowest BCUT2D eigenvalue weighted by atomic mass is 10.1. The minimum atomic E-state index is -1.17. The van der Waals surface area contributed by atoms with E-state index in [0.29, 0.717) is 6.07 Å². The Kier molecular flexibility index (Phi) is 4.92. The molecule has 4 nitrogen and oxygen atoms in total. The number of hydrogen-bond acceptors (Lipinski definition) is 3. The van der Waals surface area contributed by atoms with Crippen molar-refractivity contribution in [2.75, 3.05) is 0 Å². The molecule has 7 heteroatoms. The molecule has 0 saturated heterocycles. The molecule has 1 aromatic carbocycles. The average Bonchev–Trinajstić information content (AvgIpc) is 2.96. The zero-order valence-corrected chi connectivity index (χ0v) is 12.3. The third kappa shape index (κ3) is 3.71. The first kappa shape index (κ1) is 16.2. The van der Waals surface area contributed by atoms with Gasteiger partial charge in [-0.2, -0.15) is 0 Å². The largest absolute Gasteiger partial charge is 0.461 e. The number of halogens is 3. The number of Topliss-reactive ketones (excluding diaryl/α,β-unsaturated/α-hetero) is 1. The molecule has 1 aromatic heterocycles. The van der Waals surface area contributed by atoms with Gasteiger partial charge in [-0.3, -0.25) is 9.59 Å². The minimum absolute atomic E-state index is 0.000545. The van der Waals surface area contributed by atoms with Gasteiger partial charge in [-0.05, 0) is 31.2 Å². The number of hydrogen-bond donors (Lipinski definition) is 1. The minimum Gasteiger partial charge on any atom is -0.461 e. The van der Waals surface area contributed by atoms with Crippen LogP contribution in [0.3, 0.4) is 0 Å². The summed E-state index contributed by atoms with van der Waals surface area (Å²) in [6.07, 6.45) is 1.37. The lowest BCUT2D eigenvalue weighted by molar-refractivity contribution is 0.0907. The van der Waals surface area contributed by atoms with Crippen molar-refractivity contribution in [2.24, 2.45) is 0 Å². The molecule has 0 aliphatic heterocycles. The molecule has 116 valence electrons. The van der Waals surface area contributed by atoms with Gasteiger partial charge in [0.25, 0.3) is 5.91 Å². The molecule has 0 saturated carbocycles. The SMILES string of the molecule is C[C@H](CC(=O)c1ccco1)NC(=O)c1cc(F)c(F)cc1Cl.